The van der Waals surface area contributed by atoms with Gasteiger partial charge in [0.05, 0.1) is 11.4 Å². The fourth-order valence-corrected chi connectivity index (χ4v) is 3.98. The Labute approximate surface area is 156 Å². The lowest BCUT2D eigenvalue weighted by Crippen LogP contribution is -2.45. The van der Waals surface area contributed by atoms with Crippen molar-refractivity contribution in [1.29, 1.82) is 0 Å². The molecule has 1 aromatic carbocycles. The van der Waals surface area contributed by atoms with Gasteiger partial charge >= 0.3 is 0 Å². The average Bonchev–Trinajstić information content (AvgIpc) is 3.26. The van der Waals surface area contributed by atoms with Crippen molar-refractivity contribution in [1.82, 2.24) is 19.9 Å². The van der Waals surface area contributed by atoms with E-state index in [9.17, 15) is 4.39 Å². The number of halogens is 1. The summed E-state index contributed by atoms with van der Waals surface area (Å²) in [7, 11) is 0. The Hall–Kier alpha value is -2.09. The minimum absolute atomic E-state index is 0.218. The van der Waals surface area contributed by atoms with Crippen LogP contribution in [0.1, 0.15) is 17.1 Å². The van der Waals surface area contributed by atoms with Crippen LogP contribution in [0.3, 0.4) is 0 Å². The fourth-order valence-electron chi connectivity index (χ4n) is 3.16. The topological polar surface area (TPSA) is 45.4 Å². The summed E-state index contributed by atoms with van der Waals surface area (Å²) in [4.78, 5) is 9.54. The number of hydrogen-bond acceptors (Lipinski definition) is 6. The molecule has 7 heteroatoms. The zero-order valence-electron chi connectivity index (χ0n) is 14.7. The van der Waals surface area contributed by atoms with Gasteiger partial charge in [-0.15, -0.1) is 11.3 Å². The number of thiazole rings is 1. The highest BCUT2D eigenvalue weighted by molar-refractivity contribution is 7.13. The zero-order chi connectivity index (χ0) is 17.9. The van der Waals surface area contributed by atoms with E-state index in [2.05, 4.69) is 20.3 Å². The minimum atomic E-state index is -0.218. The zero-order valence-corrected chi connectivity index (χ0v) is 15.5. The molecule has 1 saturated heterocycles. The molecule has 5 nitrogen and oxygen atoms in total. The van der Waals surface area contributed by atoms with E-state index in [1.54, 1.807) is 23.5 Å². The third-order valence-electron chi connectivity index (χ3n) is 4.56. The van der Waals surface area contributed by atoms with Crippen LogP contribution in [0.25, 0.3) is 10.6 Å². The number of aromatic nitrogens is 2. The predicted molar refractivity (Wildman–Crippen MR) is 99.3 cm³/mol. The van der Waals surface area contributed by atoms with E-state index < -0.39 is 0 Å². The summed E-state index contributed by atoms with van der Waals surface area (Å²) in [6.45, 7) is 7.68. The summed E-state index contributed by atoms with van der Waals surface area (Å²) in [6.07, 6.45) is 0. The SMILES string of the molecule is Cc1cc(CN2CCN(Cc3csc(-c4ccc(F)cc4)n3)CC2)no1. The van der Waals surface area contributed by atoms with E-state index in [-0.39, 0.29) is 5.82 Å². The first-order valence-corrected chi connectivity index (χ1v) is 9.61. The van der Waals surface area contributed by atoms with E-state index in [0.29, 0.717) is 0 Å². The van der Waals surface area contributed by atoms with Gasteiger partial charge < -0.3 is 4.52 Å². The predicted octanol–water partition coefficient (Wildman–Crippen LogP) is 3.56. The molecule has 0 atom stereocenters. The maximum atomic E-state index is 13.1. The van der Waals surface area contributed by atoms with Crippen molar-refractivity contribution in [2.75, 3.05) is 26.2 Å². The standard InChI is InChI=1S/C19H21FN4OS/c1-14-10-17(22-25-14)11-23-6-8-24(9-7-23)12-18-13-26-19(21-18)15-2-4-16(20)5-3-15/h2-5,10,13H,6-9,11-12H2,1H3. The van der Waals surface area contributed by atoms with Gasteiger partial charge in [0.25, 0.3) is 0 Å². The first kappa shape index (κ1) is 17.3. The number of nitrogens with zero attached hydrogens (tertiary/aromatic N) is 4. The van der Waals surface area contributed by atoms with E-state index in [1.165, 1.54) is 12.1 Å². The Balaban J connectivity index is 1.30. The second-order valence-electron chi connectivity index (χ2n) is 6.63. The van der Waals surface area contributed by atoms with Crippen LogP contribution in [0.15, 0.2) is 40.2 Å². The maximum absolute atomic E-state index is 13.1. The highest BCUT2D eigenvalue weighted by Crippen LogP contribution is 2.24. The van der Waals surface area contributed by atoms with Crippen molar-refractivity contribution in [3.05, 3.63) is 58.7 Å². The van der Waals surface area contributed by atoms with Gasteiger partial charge in [-0.1, -0.05) is 5.16 Å². The van der Waals surface area contributed by atoms with Gasteiger partial charge in [0.2, 0.25) is 0 Å². The molecule has 0 radical (unpaired) electrons. The Bertz CT molecular complexity index is 853. The molecule has 1 aliphatic heterocycles. The first-order valence-electron chi connectivity index (χ1n) is 8.73. The normalized spacial score (nSPS) is 16.2. The van der Waals surface area contributed by atoms with E-state index >= 15 is 0 Å². The third-order valence-corrected chi connectivity index (χ3v) is 5.50. The highest BCUT2D eigenvalue weighted by Gasteiger charge is 2.19. The molecule has 0 saturated carbocycles. The van der Waals surface area contributed by atoms with Crippen LogP contribution in [0, 0.1) is 12.7 Å². The van der Waals surface area contributed by atoms with E-state index in [4.69, 9.17) is 9.51 Å². The van der Waals surface area contributed by atoms with Crippen LogP contribution >= 0.6 is 11.3 Å². The highest BCUT2D eigenvalue weighted by atomic mass is 32.1. The fraction of sp³-hybridized carbons (Fsp3) is 0.368. The van der Waals surface area contributed by atoms with Gasteiger partial charge in [0.1, 0.15) is 16.6 Å². The van der Waals surface area contributed by atoms with Crippen LogP contribution in [0.5, 0.6) is 0 Å². The molecule has 4 rings (SSSR count). The number of aryl methyl sites for hydroxylation is 1. The Morgan fingerprint density at radius 1 is 1.04 bits per heavy atom. The third kappa shape index (κ3) is 4.17. The van der Waals surface area contributed by atoms with Crippen LogP contribution in [-0.4, -0.2) is 46.1 Å². The van der Waals surface area contributed by atoms with E-state index in [0.717, 1.165) is 67.0 Å². The Kier molecular flexibility index (Phi) is 5.10. The van der Waals surface area contributed by atoms with Gasteiger partial charge in [-0.2, -0.15) is 0 Å². The molecule has 136 valence electrons. The van der Waals surface area contributed by atoms with Crippen molar-refractivity contribution in [2.24, 2.45) is 0 Å². The number of rotatable bonds is 5. The molecule has 3 heterocycles. The molecule has 0 bridgehead atoms. The second kappa shape index (κ2) is 7.65. The van der Waals surface area contributed by atoms with Crippen molar-refractivity contribution in [3.8, 4) is 10.6 Å². The lowest BCUT2D eigenvalue weighted by atomic mass is 10.2. The summed E-state index contributed by atoms with van der Waals surface area (Å²) in [5.74, 6) is 0.642. The molecule has 0 aliphatic carbocycles. The van der Waals surface area contributed by atoms with Crippen LogP contribution in [0.4, 0.5) is 4.39 Å². The van der Waals surface area contributed by atoms with Gasteiger partial charge in [-0.05, 0) is 31.2 Å². The molecule has 2 aromatic heterocycles. The maximum Gasteiger partial charge on any atom is 0.133 e. The Morgan fingerprint density at radius 3 is 2.31 bits per heavy atom. The molecule has 3 aromatic rings. The molecule has 0 N–H and O–H groups in total. The summed E-state index contributed by atoms with van der Waals surface area (Å²) in [6, 6.07) is 8.52. The molecule has 26 heavy (non-hydrogen) atoms. The lowest BCUT2D eigenvalue weighted by molar-refractivity contribution is 0.119. The molecule has 1 fully saturated rings. The summed E-state index contributed by atoms with van der Waals surface area (Å²) >= 11 is 1.61. The molecule has 0 unspecified atom stereocenters. The number of hydrogen-bond donors (Lipinski definition) is 0. The largest absolute Gasteiger partial charge is 0.361 e. The first-order chi connectivity index (χ1) is 12.7. The van der Waals surface area contributed by atoms with Crippen molar-refractivity contribution < 1.29 is 8.91 Å². The number of piperazine rings is 1. The van der Waals surface area contributed by atoms with Gasteiger partial charge in [-0.3, -0.25) is 9.80 Å². The summed E-state index contributed by atoms with van der Waals surface area (Å²) in [5, 5.41) is 7.12. The molecule has 0 amide bonds. The summed E-state index contributed by atoms with van der Waals surface area (Å²) < 4.78 is 18.2. The minimum Gasteiger partial charge on any atom is -0.361 e. The number of benzene rings is 1. The average molecular weight is 372 g/mol. The van der Waals surface area contributed by atoms with E-state index in [1.807, 2.05) is 13.0 Å². The van der Waals surface area contributed by atoms with Crippen LogP contribution in [-0.2, 0) is 13.1 Å². The van der Waals surface area contributed by atoms with Gasteiger partial charge in [-0.25, -0.2) is 9.37 Å². The smallest absolute Gasteiger partial charge is 0.133 e. The van der Waals surface area contributed by atoms with Crippen molar-refractivity contribution >= 4 is 11.3 Å². The molecule has 1 aliphatic rings. The van der Waals surface area contributed by atoms with Crippen LogP contribution < -0.4 is 0 Å². The van der Waals surface area contributed by atoms with Crippen molar-refractivity contribution in [2.45, 2.75) is 20.0 Å². The van der Waals surface area contributed by atoms with Gasteiger partial charge in [0.15, 0.2) is 0 Å². The van der Waals surface area contributed by atoms with Crippen molar-refractivity contribution in [3.63, 3.8) is 0 Å². The second-order valence-corrected chi connectivity index (χ2v) is 7.49. The summed E-state index contributed by atoms with van der Waals surface area (Å²) in [5.41, 5.74) is 3.05. The quantitative estimate of drug-likeness (QED) is 0.685. The molecule has 0 spiro atoms. The Morgan fingerprint density at radius 2 is 1.69 bits per heavy atom. The molecular formula is C19H21FN4OS. The monoisotopic (exact) mass is 372 g/mol. The lowest BCUT2D eigenvalue weighted by Gasteiger charge is -2.33. The van der Waals surface area contributed by atoms with Gasteiger partial charge in [0, 0.05) is 56.3 Å². The molecular weight excluding hydrogens is 351 g/mol. The van der Waals surface area contributed by atoms with Crippen LogP contribution in [0.2, 0.25) is 0 Å².